The first kappa shape index (κ1) is 16.2. The van der Waals surface area contributed by atoms with Crippen LogP contribution in [0.5, 0.6) is 0 Å². The lowest BCUT2D eigenvalue weighted by Crippen LogP contribution is -2.12. The summed E-state index contributed by atoms with van der Waals surface area (Å²) in [4.78, 5) is 21.8. The van der Waals surface area contributed by atoms with Crippen molar-refractivity contribution >= 4 is 11.9 Å². The molecule has 0 amide bonds. The molecule has 0 aromatic heterocycles. The number of hydrogen-bond donors (Lipinski definition) is 2. The van der Waals surface area contributed by atoms with Gasteiger partial charge in [-0.05, 0) is 72.9 Å². The third-order valence-corrected chi connectivity index (χ3v) is 4.99. The van der Waals surface area contributed by atoms with Crippen molar-refractivity contribution in [2.45, 2.75) is 37.5 Å². The number of aromatic carboxylic acids is 2. The van der Waals surface area contributed by atoms with Crippen LogP contribution >= 0.6 is 0 Å². The lowest BCUT2D eigenvalue weighted by Gasteiger charge is -2.29. The first-order chi connectivity index (χ1) is 11.5. The predicted octanol–water partition coefficient (Wildman–Crippen LogP) is 4.52. The Labute approximate surface area is 140 Å². The van der Waals surface area contributed by atoms with Crippen LogP contribution in [-0.2, 0) is 0 Å². The van der Waals surface area contributed by atoms with Gasteiger partial charge in [0.15, 0.2) is 0 Å². The van der Waals surface area contributed by atoms with Crippen molar-refractivity contribution in [3.63, 3.8) is 0 Å². The van der Waals surface area contributed by atoms with Gasteiger partial charge in [0, 0.05) is 0 Å². The third-order valence-electron chi connectivity index (χ3n) is 4.99. The van der Waals surface area contributed by atoms with Gasteiger partial charge in [-0.15, -0.1) is 0 Å². The molecule has 1 aliphatic rings. The second-order valence-corrected chi connectivity index (χ2v) is 6.40. The van der Waals surface area contributed by atoms with Crippen LogP contribution in [0.2, 0.25) is 0 Å². The van der Waals surface area contributed by atoms with E-state index in [2.05, 4.69) is 0 Å². The average molecular weight is 324 g/mol. The summed E-state index contributed by atoms with van der Waals surface area (Å²) < 4.78 is 0. The van der Waals surface area contributed by atoms with Crippen LogP contribution in [0, 0.1) is 0 Å². The quantitative estimate of drug-likeness (QED) is 0.867. The lowest BCUT2D eigenvalue weighted by atomic mass is 9.76. The highest BCUT2D eigenvalue weighted by Crippen LogP contribution is 2.40. The van der Waals surface area contributed by atoms with Gasteiger partial charge in [-0.2, -0.15) is 0 Å². The van der Waals surface area contributed by atoms with Crippen molar-refractivity contribution in [1.82, 2.24) is 0 Å². The van der Waals surface area contributed by atoms with Gasteiger partial charge in [0.2, 0.25) is 0 Å². The number of carboxylic acid groups (broad SMARTS) is 2. The van der Waals surface area contributed by atoms with E-state index in [9.17, 15) is 9.59 Å². The van der Waals surface area contributed by atoms with Crippen LogP contribution in [0.3, 0.4) is 0 Å². The summed E-state index contributed by atoms with van der Waals surface area (Å²) in [5.41, 5.74) is 3.07. The van der Waals surface area contributed by atoms with Crippen LogP contribution in [0.15, 0.2) is 48.5 Å². The van der Waals surface area contributed by atoms with Crippen molar-refractivity contribution in [3.05, 3.63) is 70.8 Å². The molecule has 4 nitrogen and oxygen atoms in total. The van der Waals surface area contributed by atoms with Crippen LogP contribution in [0.4, 0.5) is 0 Å². The third kappa shape index (κ3) is 3.48. The number of carbonyl (C=O) groups is 2. The number of benzene rings is 2. The largest absolute Gasteiger partial charge is 0.478 e. The van der Waals surface area contributed by atoms with Crippen molar-refractivity contribution < 1.29 is 19.8 Å². The van der Waals surface area contributed by atoms with Gasteiger partial charge in [0.05, 0.1) is 11.1 Å². The summed E-state index contributed by atoms with van der Waals surface area (Å²) in [5, 5.41) is 17.9. The van der Waals surface area contributed by atoms with E-state index in [1.165, 1.54) is 11.1 Å². The molecule has 3 rings (SSSR count). The van der Waals surface area contributed by atoms with Crippen molar-refractivity contribution in [2.75, 3.05) is 0 Å². The second kappa shape index (κ2) is 6.87. The molecule has 0 atom stereocenters. The number of hydrogen-bond acceptors (Lipinski definition) is 2. The molecule has 0 unspecified atom stereocenters. The van der Waals surface area contributed by atoms with E-state index in [-0.39, 0.29) is 0 Å². The minimum Gasteiger partial charge on any atom is -0.478 e. The summed E-state index contributed by atoms with van der Waals surface area (Å²) in [6.07, 6.45) is 4.27. The maximum atomic E-state index is 10.9. The fourth-order valence-electron chi connectivity index (χ4n) is 3.56. The van der Waals surface area contributed by atoms with Crippen LogP contribution in [-0.4, -0.2) is 22.2 Å². The zero-order valence-electron chi connectivity index (χ0n) is 13.3. The highest BCUT2D eigenvalue weighted by atomic mass is 16.4. The molecule has 1 fully saturated rings. The Bertz CT molecular complexity index is 658. The smallest absolute Gasteiger partial charge is 0.335 e. The standard InChI is InChI=1S/C20H20O4/c21-19(22)17-9-5-15(6-10-17)13-1-2-14(4-3-13)16-7-11-18(12-8-16)20(23)24/h5-14H,1-4H2,(H,21,22)(H,23,24)/t13-,14-. The molecule has 0 spiro atoms. The van der Waals surface area contributed by atoms with Crippen LogP contribution in [0.25, 0.3) is 0 Å². The minimum atomic E-state index is -0.893. The maximum Gasteiger partial charge on any atom is 0.335 e. The van der Waals surface area contributed by atoms with E-state index in [1.54, 1.807) is 24.3 Å². The minimum absolute atomic E-state index is 0.325. The van der Waals surface area contributed by atoms with Gasteiger partial charge in [-0.1, -0.05) is 24.3 Å². The molecule has 0 bridgehead atoms. The van der Waals surface area contributed by atoms with Crippen LogP contribution in [0.1, 0.15) is 69.4 Å². The summed E-state index contributed by atoms with van der Waals surface area (Å²) >= 11 is 0. The lowest BCUT2D eigenvalue weighted by molar-refractivity contribution is 0.0686. The molecule has 2 aromatic rings. The molecule has 1 saturated carbocycles. The fraction of sp³-hybridized carbons (Fsp3) is 0.300. The van der Waals surface area contributed by atoms with Gasteiger partial charge in [0.25, 0.3) is 0 Å². The summed E-state index contributed by atoms with van der Waals surface area (Å²) in [7, 11) is 0. The first-order valence-corrected chi connectivity index (χ1v) is 8.21. The monoisotopic (exact) mass is 324 g/mol. The van der Waals surface area contributed by atoms with E-state index >= 15 is 0 Å². The molecule has 0 heterocycles. The van der Waals surface area contributed by atoms with E-state index < -0.39 is 11.9 Å². The Hall–Kier alpha value is -2.62. The fourth-order valence-corrected chi connectivity index (χ4v) is 3.56. The van der Waals surface area contributed by atoms with Crippen LogP contribution < -0.4 is 0 Å². The van der Waals surface area contributed by atoms with E-state index in [0.29, 0.717) is 23.0 Å². The molecule has 0 saturated heterocycles. The molecule has 0 aliphatic heterocycles. The molecule has 2 aromatic carbocycles. The summed E-state index contributed by atoms with van der Waals surface area (Å²) in [5.74, 6) is -0.838. The molecule has 124 valence electrons. The zero-order valence-corrected chi connectivity index (χ0v) is 13.3. The Kier molecular flexibility index (Phi) is 4.65. The molecule has 0 radical (unpaired) electrons. The van der Waals surface area contributed by atoms with Gasteiger partial charge >= 0.3 is 11.9 Å². The van der Waals surface area contributed by atoms with E-state index in [4.69, 9.17) is 10.2 Å². The summed E-state index contributed by atoms with van der Waals surface area (Å²) in [6.45, 7) is 0. The molecule has 1 aliphatic carbocycles. The highest BCUT2D eigenvalue weighted by Gasteiger charge is 2.23. The van der Waals surface area contributed by atoms with E-state index in [0.717, 1.165) is 25.7 Å². The Morgan fingerprint density at radius 2 is 0.917 bits per heavy atom. The second-order valence-electron chi connectivity index (χ2n) is 6.40. The van der Waals surface area contributed by atoms with Crippen molar-refractivity contribution in [3.8, 4) is 0 Å². The Morgan fingerprint density at radius 3 is 1.17 bits per heavy atom. The average Bonchev–Trinajstić information content (AvgIpc) is 2.62. The van der Waals surface area contributed by atoms with Gasteiger partial charge in [-0.3, -0.25) is 0 Å². The molecule has 2 N–H and O–H groups in total. The van der Waals surface area contributed by atoms with Crippen molar-refractivity contribution in [1.29, 1.82) is 0 Å². The zero-order chi connectivity index (χ0) is 17.1. The molecule has 24 heavy (non-hydrogen) atoms. The maximum absolute atomic E-state index is 10.9. The molecular weight excluding hydrogens is 304 g/mol. The Balaban J connectivity index is 1.62. The Morgan fingerprint density at radius 1 is 0.625 bits per heavy atom. The van der Waals surface area contributed by atoms with Gasteiger partial charge in [0.1, 0.15) is 0 Å². The first-order valence-electron chi connectivity index (χ1n) is 8.21. The number of carboxylic acids is 2. The predicted molar refractivity (Wildman–Crippen MR) is 90.8 cm³/mol. The SMILES string of the molecule is O=C(O)c1ccc([C@H]2CC[C@H](c3ccc(C(=O)O)cc3)CC2)cc1. The topological polar surface area (TPSA) is 74.6 Å². The van der Waals surface area contributed by atoms with E-state index in [1.807, 2.05) is 24.3 Å². The van der Waals surface area contributed by atoms with Crippen molar-refractivity contribution in [2.24, 2.45) is 0 Å². The summed E-state index contributed by atoms with van der Waals surface area (Å²) in [6, 6.07) is 14.4. The van der Waals surface area contributed by atoms with Gasteiger partial charge < -0.3 is 10.2 Å². The molecular formula is C20H20O4. The normalized spacial score (nSPS) is 20.5. The van der Waals surface area contributed by atoms with Gasteiger partial charge in [-0.25, -0.2) is 9.59 Å². The number of rotatable bonds is 4. The molecule has 4 heteroatoms. The highest BCUT2D eigenvalue weighted by molar-refractivity contribution is 5.88.